The third-order valence-corrected chi connectivity index (χ3v) is 3.69. The zero-order valence-corrected chi connectivity index (χ0v) is 14.0. The number of aliphatic imine (C=N–C) groups is 1. The number of hydrogen-bond donors (Lipinski definition) is 2. The van der Waals surface area contributed by atoms with Crippen molar-refractivity contribution < 1.29 is 9.47 Å². The molecule has 0 radical (unpaired) electrons. The maximum atomic E-state index is 5.75. The molecule has 0 spiro atoms. The van der Waals surface area contributed by atoms with Crippen molar-refractivity contribution in [2.45, 2.75) is 39.5 Å². The fourth-order valence-corrected chi connectivity index (χ4v) is 2.24. The van der Waals surface area contributed by atoms with Crippen LogP contribution < -0.4 is 10.6 Å². The largest absolute Gasteiger partial charge is 0.381 e. The number of hydrogen-bond acceptors (Lipinski definition) is 3. The van der Waals surface area contributed by atoms with Crippen molar-refractivity contribution in [1.82, 2.24) is 10.6 Å². The molecule has 1 aliphatic rings. The second-order valence-corrected chi connectivity index (χ2v) is 6.09. The third-order valence-electron chi connectivity index (χ3n) is 3.69. The molecule has 0 saturated carbocycles. The van der Waals surface area contributed by atoms with E-state index in [-0.39, 0.29) is 0 Å². The molecule has 21 heavy (non-hydrogen) atoms. The number of nitrogens with zero attached hydrogens (tertiary/aromatic N) is 1. The first-order valence-electron chi connectivity index (χ1n) is 8.32. The number of rotatable bonds is 9. The number of nitrogens with one attached hydrogen (secondary N) is 2. The van der Waals surface area contributed by atoms with Crippen LogP contribution in [0.5, 0.6) is 0 Å². The summed E-state index contributed by atoms with van der Waals surface area (Å²) in [7, 11) is 1.81. The van der Waals surface area contributed by atoms with E-state index in [2.05, 4.69) is 29.5 Å². The van der Waals surface area contributed by atoms with Gasteiger partial charge in [0.15, 0.2) is 5.96 Å². The molecule has 124 valence electrons. The molecule has 1 fully saturated rings. The third kappa shape index (κ3) is 9.69. The molecule has 0 aromatic carbocycles. The lowest BCUT2D eigenvalue weighted by molar-refractivity contribution is 0.0203. The molecule has 5 nitrogen and oxygen atoms in total. The Balaban J connectivity index is 1.94. The van der Waals surface area contributed by atoms with Crippen molar-refractivity contribution in [2.75, 3.05) is 46.6 Å². The van der Waals surface area contributed by atoms with E-state index >= 15 is 0 Å². The Bertz CT molecular complexity index is 277. The van der Waals surface area contributed by atoms with E-state index in [1.165, 1.54) is 0 Å². The summed E-state index contributed by atoms with van der Waals surface area (Å²) in [6.07, 6.45) is 4.46. The van der Waals surface area contributed by atoms with E-state index in [0.29, 0.717) is 11.8 Å². The van der Waals surface area contributed by atoms with Crippen LogP contribution in [0.3, 0.4) is 0 Å². The molecule has 2 N–H and O–H groups in total. The van der Waals surface area contributed by atoms with E-state index in [1.54, 1.807) is 0 Å². The fourth-order valence-electron chi connectivity index (χ4n) is 2.24. The van der Waals surface area contributed by atoms with Crippen LogP contribution >= 0.6 is 0 Å². The van der Waals surface area contributed by atoms with Crippen LogP contribution in [-0.2, 0) is 9.47 Å². The molecular weight excluding hydrogens is 266 g/mol. The van der Waals surface area contributed by atoms with Crippen molar-refractivity contribution in [3.8, 4) is 0 Å². The highest BCUT2D eigenvalue weighted by atomic mass is 16.5. The summed E-state index contributed by atoms with van der Waals surface area (Å²) in [6.45, 7) is 9.81. The summed E-state index contributed by atoms with van der Waals surface area (Å²) in [5.74, 6) is 2.30. The highest BCUT2D eigenvalue weighted by Gasteiger charge is 2.13. The second kappa shape index (κ2) is 11.8. The first-order chi connectivity index (χ1) is 10.2. The Hall–Kier alpha value is -0.810. The molecule has 0 aliphatic carbocycles. The van der Waals surface area contributed by atoms with Gasteiger partial charge in [0.2, 0.25) is 0 Å². The molecule has 1 aliphatic heterocycles. The average Bonchev–Trinajstić information content (AvgIpc) is 2.49. The molecule has 0 amide bonds. The van der Waals surface area contributed by atoms with Gasteiger partial charge in [0.25, 0.3) is 0 Å². The number of guanidine groups is 1. The van der Waals surface area contributed by atoms with Gasteiger partial charge in [-0.2, -0.15) is 0 Å². The first-order valence-corrected chi connectivity index (χ1v) is 8.32. The van der Waals surface area contributed by atoms with Gasteiger partial charge >= 0.3 is 0 Å². The zero-order chi connectivity index (χ0) is 15.3. The molecule has 0 unspecified atom stereocenters. The van der Waals surface area contributed by atoms with Gasteiger partial charge in [-0.15, -0.1) is 0 Å². The molecule has 0 aromatic heterocycles. The topological polar surface area (TPSA) is 54.9 Å². The summed E-state index contributed by atoms with van der Waals surface area (Å²) >= 11 is 0. The predicted octanol–water partition coefficient (Wildman–Crippen LogP) is 2.03. The molecule has 0 bridgehead atoms. The van der Waals surface area contributed by atoms with Crippen molar-refractivity contribution in [3.63, 3.8) is 0 Å². The molecular formula is C16H33N3O2. The molecule has 0 aromatic rings. The standard InChI is InChI=1S/C16H33N3O2/c1-14(2)5-9-19-16(17-3)18-8-4-10-21-13-15-6-11-20-12-7-15/h14-15H,4-13H2,1-3H3,(H2,17,18,19). The lowest BCUT2D eigenvalue weighted by atomic mass is 10.0. The van der Waals surface area contributed by atoms with Crippen LogP contribution in [-0.4, -0.2) is 52.5 Å². The van der Waals surface area contributed by atoms with Gasteiger partial charge in [-0.05, 0) is 37.5 Å². The molecule has 1 saturated heterocycles. The van der Waals surface area contributed by atoms with Crippen LogP contribution in [0.4, 0.5) is 0 Å². The van der Waals surface area contributed by atoms with Crippen LogP contribution in [0.15, 0.2) is 4.99 Å². The average molecular weight is 299 g/mol. The molecule has 1 heterocycles. The smallest absolute Gasteiger partial charge is 0.190 e. The Morgan fingerprint density at radius 3 is 2.62 bits per heavy atom. The monoisotopic (exact) mass is 299 g/mol. The minimum Gasteiger partial charge on any atom is -0.381 e. The number of ether oxygens (including phenoxy) is 2. The highest BCUT2D eigenvalue weighted by Crippen LogP contribution is 2.14. The second-order valence-electron chi connectivity index (χ2n) is 6.09. The summed E-state index contributed by atoms with van der Waals surface area (Å²) in [5.41, 5.74) is 0. The Labute approximate surface area is 129 Å². The van der Waals surface area contributed by atoms with E-state index in [1.807, 2.05) is 7.05 Å². The normalized spacial score (nSPS) is 17.2. The van der Waals surface area contributed by atoms with Crippen molar-refractivity contribution >= 4 is 5.96 Å². The highest BCUT2D eigenvalue weighted by molar-refractivity contribution is 5.79. The first kappa shape index (κ1) is 18.2. The van der Waals surface area contributed by atoms with E-state index in [4.69, 9.17) is 9.47 Å². The predicted molar refractivity (Wildman–Crippen MR) is 87.8 cm³/mol. The Kier molecular flexibility index (Phi) is 10.3. The quantitative estimate of drug-likeness (QED) is 0.389. The molecule has 5 heteroatoms. The van der Waals surface area contributed by atoms with Gasteiger partial charge in [0, 0.05) is 46.6 Å². The van der Waals surface area contributed by atoms with E-state index in [9.17, 15) is 0 Å². The lowest BCUT2D eigenvalue weighted by Crippen LogP contribution is -2.38. The van der Waals surface area contributed by atoms with Crippen LogP contribution in [0.25, 0.3) is 0 Å². The van der Waals surface area contributed by atoms with Gasteiger partial charge in [0.05, 0.1) is 0 Å². The summed E-state index contributed by atoms with van der Waals surface area (Å²) in [5, 5.41) is 6.65. The Morgan fingerprint density at radius 2 is 1.95 bits per heavy atom. The Morgan fingerprint density at radius 1 is 1.24 bits per heavy atom. The van der Waals surface area contributed by atoms with Gasteiger partial charge in [-0.1, -0.05) is 13.8 Å². The van der Waals surface area contributed by atoms with Crippen LogP contribution in [0.1, 0.15) is 39.5 Å². The summed E-state index contributed by atoms with van der Waals surface area (Å²) < 4.78 is 11.1. The SMILES string of the molecule is CN=C(NCCCOCC1CCOCC1)NCCC(C)C. The van der Waals surface area contributed by atoms with Crippen molar-refractivity contribution in [1.29, 1.82) is 0 Å². The van der Waals surface area contributed by atoms with Gasteiger partial charge in [-0.25, -0.2) is 0 Å². The fraction of sp³-hybridized carbons (Fsp3) is 0.938. The van der Waals surface area contributed by atoms with E-state index < -0.39 is 0 Å². The summed E-state index contributed by atoms with van der Waals surface area (Å²) in [4.78, 5) is 4.22. The molecule has 0 atom stereocenters. The minimum atomic E-state index is 0.692. The molecule has 1 rings (SSSR count). The van der Waals surface area contributed by atoms with Gasteiger partial charge < -0.3 is 20.1 Å². The lowest BCUT2D eigenvalue weighted by Gasteiger charge is -2.21. The van der Waals surface area contributed by atoms with Gasteiger partial charge in [0.1, 0.15) is 0 Å². The van der Waals surface area contributed by atoms with Crippen molar-refractivity contribution in [3.05, 3.63) is 0 Å². The maximum Gasteiger partial charge on any atom is 0.190 e. The maximum absolute atomic E-state index is 5.75. The van der Waals surface area contributed by atoms with Crippen LogP contribution in [0, 0.1) is 11.8 Å². The van der Waals surface area contributed by atoms with E-state index in [0.717, 1.165) is 71.2 Å². The minimum absolute atomic E-state index is 0.692. The zero-order valence-electron chi connectivity index (χ0n) is 14.0. The van der Waals surface area contributed by atoms with Crippen LogP contribution in [0.2, 0.25) is 0 Å². The van der Waals surface area contributed by atoms with Crippen molar-refractivity contribution in [2.24, 2.45) is 16.8 Å². The summed E-state index contributed by atoms with van der Waals surface area (Å²) in [6, 6.07) is 0. The van der Waals surface area contributed by atoms with Gasteiger partial charge in [-0.3, -0.25) is 4.99 Å².